The van der Waals surface area contributed by atoms with Crippen LogP contribution >= 0.6 is 11.3 Å². The number of hydrogen-bond acceptors (Lipinski definition) is 6. The summed E-state index contributed by atoms with van der Waals surface area (Å²) in [5.41, 5.74) is 0.632. The number of nitrogens with one attached hydrogen (secondary N) is 1. The molecule has 1 aliphatic rings. The van der Waals surface area contributed by atoms with Gasteiger partial charge in [0, 0.05) is 31.1 Å². The van der Waals surface area contributed by atoms with Gasteiger partial charge in [0.2, 0.25) is 15.9 Å². The highest BCUT2D eigenvalue weighted by atomic mass is 32.2. The summed E-state index contributed by atoms with van der Waals surface area (Å²) >= 11 is 1.22. The second-order valence-corrected chi connectivity index (χ2v) is 12.4. The lowest BCUT2D eigenvalue weighted by Crippen LogP contribution is -2.55. The van der Waals surface area contributed by atoms with E-state index in [0.717, 1.165) is 4.88 Å². The van der Waals surface area contributed by atoms with Gasteiger partial charge in [0.15, 0.2) is 0 Å². The van der Waals surface area contributed by atoms with Crippen LogP contribution in [0.1, 0.15) is 17.4 Å². The minimum atomic E-state index is -3.69. The van der Waals surface area contributed by atoms with Gasteiger partial charge in [0.1, 0.15) is 4.21 Å². The van der Waals surface area contributed by atoms with Crippen LogP contribution in [0.25, 0.3) is 0 Å². The summed E-state index contributed by atoms with van der Waals surface area (Å²) in [5.74, 6) is -0.576. The van der Waals surface area contributed by atoms with Crippen LogP contribution in [0.3, 0.4) is 0 Å². The molecule has 1 atom stereocenters. The fourth-order valence-electron chi connectivity index (χ4n) is 3.26. The van der Waals surface area contributed by atoms with Gasteiger partial charge in [0.25, 0.3) is 10.0 Å². The molecule has 1 aromatic carbocycles. The molecular formula is C19H25N3O5S3. The summed E-state index contributed by atoms with van der Waals surface area (Å²) in [5, 5.41) is 0. The molecule has 1 fully saturated rings. The van der Waals surface area contributed by atoms with Gasteiger partial charge in [-0.15, -0.1) is 11.3 Å². The zero-order chi connectivity index (χ0) is 21.9. The first-order valence-electron chi connectivity index (χ1n) is 9.48. The van der Waals surface area contributed by atoms with Crippen LogP contribution in [-0.4, -0.2) is 64.2 Å². The first-order valence-corrected chi connectivity index (χ1v) is 13.4. The molecule has 1 N–H and O–H groups in total. The van der Waals surface area contributed by atoms with E-state index in [4.69, 9.17) is 0 Å². The van der Waals surface area contributed by atoms with Crippen LogP contribution in [0.15, 0.2) is 46.7 Å². The van der Waals surface area contributed by atoms with E-state index in [2.05, 4.69) is 4.72 Å². The first kappa shape index (κ1) is 22.9. The molecule has 1 saturated heterocycles. The van der Waals surface area contributed by atoms with E-state index in [-0.39, 0.29) is 37.8 Å². The Labute approximate surface area is 181 Å². The second kappa shape index (κ2) is 9.15. The maximum absolute atomic E-state index is 12.7. The van der Waals surface area contributed by atoms with E-state index >= 15 is 0 Å². The summed E-state index contributed by atoms with van der Waals surface area (Å²) in [7, 11) is -7.26. The molecule has 2 heterocycles. The van der Waals surface area contributed by atoms with Crippen molar-refractivity contribution >= 4 is 37.3 Å². The fraction of sp³-hybridized carbons (Fsp3) is 0.421. The number of hydrogen-bond donors (Lipinski definition) is 1. The number of benzene rings is 1. The van der Waals surface area contributed by atoms with Gasteiger partial charge in [-0.2, -0.15) is 4.31 Å². The van der Waals surface area contributed by atoms with Crippen molar-refractivity contribution in [1.29, 1.82) is 0 Å². The van der Waals surface area contributed by atoms with E-state index in [1.165, 1.54) is 27.5 Å². The lowest BCUT2D eigenvalue weighted by Gasteiger charge is -2.35. The predicted octanol–water partition coefficient (Wildman–Crippen LogP) is 1.40. The molecule has 0 radical (unpaired) electrons. The summed E-state index contributed by atoms with van der Waals surface area (Å²) in [6.45, 7) is 4.13. The van der Waals surface area contributed by atoms with Crippen LogP contribution < -0.4 is 4.72 Å². The molecule has 2 aromatic rings. The van der Waals surface area contributed by atoms with Gasteiger partial charge < -0.3 is 4.90 Å². The minimum absolute atomic E-state index is 0.175. The van der Waals surface area contributed by atoms with Gasteiger partial charge >= 0.3 is 0 Å². The first-order chi connectivity index (χ1) is 14.1. The van der Waals surface area contributed by atoms with E-state index in [0.29, 0.717) is 9.77 Å². The zero-order valence-corrected chi connectivity index (χ0v) is 19.3. The Kier molecular flexibility index (Phi) is 6.98. The van der Waals surface area contributed by atoms with E-state index in [9.17, 15) is 21.6 Å². The number of piperazine rings is 1. The molecule has 1 aromatic heterocycles. The lowest BCUT2D eigenvalue weighted by molar-refractivity contribution is -0.133. The van der Waals surface area contributed by atoms with E-state index in [1.807, 2.05) is 6.92 Å². The number of rotatable bonds is 7. The fourth-order valence-corrected chi connectivity index (χ4v) is 7.47. The maximum Gasteiger partial charge on any atom is 0.252 e. The molecule has 0 spiro atoms. The molecule has 0 bridgehead atoms. The van der Waals surface area contributed by atoms with Crippen molar-refractivity contribution in [3.63, 3.8) is 0 Å². The van der Waals surface area contributed by atoms with Crippen LogP contribution in [0.2, 0.25) is 0 Å². The topological polar surface area (TPSA) is 104 Å². The number of carbonyl (C=O) groups excluding carboxylic acids is 1. The van der Waals surface area contributed by atoms with Crippen molar-refractivity contribution in [2.45, 2.75) is 29.9 Å². The third-order valence-corrected chi connectivity index (χ3v) is 9.58. The molecule has 1 amide bonds. The quantitative estimate of drug-likeness (QED) is 0.657. The van der Waals surface area contributed by atoms with Gasteiger partial charge in [-0.3, -0.25) is 4.79 Å². The largest absolute Gasteiger partial charge is 0.339 e. The SMILES string of the molecule is Cc1ccc(S(=O)(=O)N2CCN(C(=O)C(C)NS(=O)(=O)Cc3ccccc3)CC2)s1. The summed E-state index contributed by atoms with van der Waals surface area (Å²) in [4.78, 5) is 15.1. The van der Waals surface area contributed by atoms with E-state index < -0.39 is 26.1 Å². The van der Waals surface area contributed by atoms with Crippen molar-refractivity contribution < 1.29 is 21.6 Å². The normalized spacial score (nSPS) is 17.1. The molecule has 8 nitrogen and oxygen atoms in total. The summed E-state index contributed by atoms with van der Waals surface area (Å²) < 4.78 is 54.3. The average molecular weight is 472 g/mol. The maximum atomic E-state index is 12.7. The van der Waals surface area contributed by atoms with Crippen LogP contribution in [0, 0.1) is 6.92 Å². The third-order valence-electron chi connectivity index (χ3n) is 4.79. The zero-order valence-electron chi connectivity index (χ0n) is 16.8. The Hall–Kier alpha value is -1.79. The van der Waals surface area contributed by atoms with Gasteiger partial charge in [-0.1, -0.05) is 30.3 Å². The smallest absolute Gasteiger partial charge is 0.252 e. The Morgan fingerprint density at radius 3 is 2.23 bits per heavy atom. The number of carbonyl (C=O) groups is 1. The average Bonchev–Trinajstić information content (AvgIpc) is 3.14. The Morgan fingerprint density at radius 1 is 1.03 bits per heavy atom. The Balaban J connectivity index is 1.57. The van der Waals surface area contributed by atoms with Crippen LogP contribution in [0.5, 0.6) is 0 Å². The molecule has 3 rings (SSSR count). The Morgan fingerprint density at radius 2 is 1.67 bits per heavy atom. The molecule has 164 valence electrons. The lowest BCUT2D eigenvalue weighted by atomic mass is 10.2. The Bertz CT molecular complexity index is 1090. The third kappa shape index (κ3) is 5.46. The number of amides is 1. The van der Waals surface area contributed by atoms with Gasteiger partial charge in [-0.05, 0) is 31.5 Å². The molecular weight excluding hydrogens is 446 g/mol. The van der Waals surface area contributed by atoms with Gasteiger partial charge in [-0.25, -0.2) is 21.6 Å². The summed E-state index contributed by atoms with van der Waals surface area (Å²) in [6.07, 6.45) is 0. The summed E-state index contributed by atoms with van der Waals surface area (Å²) in [6, 6.07) is 11.2. The predicted molar refractivity (Wildman–Crippen MR) is 116 cm³/mol. The van der Waals surface area contributed by atoms with Crippen molar-refractivity contribution in [1.82, 2.24) is 13.9 Å². The van der Waals surface area contributed by atoms with Crippen molar-refractivity contribution in [2.75, 3.05) is 26.2 Å². The highest BCUT2D eigenvalue weighted by Gasteiger charge is 2.33. The van der Waals surface area contributed by atoms with Crippen molar-refractivity contribution in [3.05, 3.63) is 52.9 Å². The van der Waals surface area contributed by atoms with Crippen molar-refractivity contribution in [2.24, 2.45) is 0 Å². The number of nitrogens with zero attached hydrogens (tertiary/aromatic N) is 2. The molecule has 30 heavy (non-hydrogen) atoms. The molecule has 1 aliphatic heterocycles. The van der Waals surface area contributed by atoms with Crippen molar-refractivity contribution in [3.8, 4) is 0 Å². The molecule has 11 heteroatoms. The monoisotopic (exact) mass is 471 g/mol. The second-order valence-electron chi connectivity index (χ2n) is 7.18. The highest BCUT2D eigenvalue weighted by Crippen LogP contribution is 2.25. The standard InChI is InChI=1S/C19H25N3O5S3/c1-15-8-9-18(28-15)30(26,27)22-12-10-21(11-13-22)19(23)16(2)20-29(24,25)14-17-6-4-3-5-7-17/h3-9,16,20H,10-14H2,1-2H3. The van der Waals surface area contributed by atoms with E-state index in [1.54, 1.807) is 42.5 Å². The minimum Gasteiger partial charge on any atom is -0.339 e. The number of sulfonamides is 2. The highest BCUT2D eigenvalue weighted by molar-refractivity contribution is 7.91. The van der Waals surface area contributed by atoms with Crippen LogP contribution in [0.4, 0.5) is 0 Å². The van der Waals surface area contributed by atoms with Gasteiger partial charge in [0.05, 0.1) is 11.8 Å². The molecule has 1 unspecified atom stereocenters. The van der Waals surface area contributed by atoms with Crippen LogP contribution in [-0.2, 0) is 30.6 Å². The number of aryl methyl sites for hydroxylation is 1. The number of thiophene rings is 1. The molecule has 0 saturated carbocycles. The molecule has 0 aliphatic carbocycles.